The van der Waals surface area contributed by atoms with Crippen molar-refractivity contribution in [1.29, 1.82) is 0 Å². The Morgan fingerprint density at radius 1 is 1.19 bits per heavy atom. The first-order valence-corrected chi connectivity index (χ1v) is 10.3. The first-order chi connectivity index (χ1) is 15.2. The van der Waals surface area contributed by atoms with E-state index in [1.54, 1.807) is 4.90 Å². The number of hydrogen-bond acceptors (Lipinski definition) is 6. The molecule has 1 aromatic carbocycles. The Morgan fingerprint density at radius 3 is 2.62 bits per heavy atom. The minimum atomic E-state index is -1.24. The molecule has 3 aliphatic heterocycles. The zero-order valence-corrected chi connectivity index (χ0v) is 16.8. The largest absolute Gasteiger partial charge is 0.504 e. The zero-order valence-electron chi connectivity index (χ0n) is 16.8. The lowest BCUT2D eigenvalue weighted by molar-refractivity contribution is -0.193. The van der Waals surface area contributed by atoms with E-state index in [9.17, 15) is 32.7 Å². The molecule has 11 heteroatoms. The number of carbonyl (C=O) groups is 3. The van der Waals surface area contributed by atoms with Crippen LogP contribution in [0.2, 0.25) is 0 Å². The number of hydrogen-bond donors (Lipinski definition) is 2. The minimum absolute atomic E-state index is 0.00230. The molecule has 5 rings (SSSR count). The lowest BCUT2D eigenvalue weighted by Gasteiger charge is -2.50. The molecule has 0 aromatic heterocycles. The number of rotatable bonds is 3. The van der Waals surface area contributed by atoms with Gasteiger partial charge in [0.25, 0.3) is 5.91 Å². The quantitative estimate of drug-likeness (QED) is 0.663. The Balaban J connectivity index is 1.35. The summed E-state index contributed by atoms with van der Waals surface area (Å²) in [5.74, 6) is -6.57. The van der Waals surface area contributed by atoms with Crippen LogP contribution in [0, 0.1) is 17.5 Å². The highest BCUT2D eigenvalue weighted by atomic mass is 19.1. The highest BCUT2D eigenvalue weighted by Gasteiger charge is 2.54. The van der Waals surface area contributed by atoms with E-state index in [1.807, 2.05) is 0 Å². The molecule has 8 nitrogen and oxygen atoms in total. The average Bonchev–Trinajstić information content (AvgIpc) is 3.10. The predicted octanol–water partition coefficient (Wildman–Crippen LogP) is 0.905. The molecule has 2 bridgehead atoms. The molecule has 1 aliphatic carbocycles. The number of Topliss-reactive ketones (excluding diaryl/α,β-unsaturated/α-hetero) is 1. The summed E-state index contributed by atoms with van der Waals surface area (Å²) < 4.78 is 46.7. The Bertz CT molecular complexity index is 1040. The Morgan fingerprint density at radius 2 is 1.91 bits per heavy atom. The van der Waals surface area contributed by atoms with Crippen molar-refractivity contribution < 1.29 is 37.4 Å². The highest BCUT2D eigenvalue weighted by molar-refractivity contribution is 6.16. The number of halogens is 3. The molecule has 2 amide bonds. The van der Waals surface area contributed by atoms with E-state index >= 15 is 0 Å². The fourth-order valence-electron chi connectivity index (χ4n) is 5.06. The highest BCUT2D eigenvalue weighted by Crippen LogP contribution is 2.38. The minimum Gasteiger partial charge on any atom is -0.504 e. The number of aliphatic hydroxyl groups is 1. The molecule has 4 aliphatic rings. The van der Waals surface area contributed by atoms with Crippen LogP contribution in [0.3, 0.4) is 0 Å². The van der Waals surface area contributed by atoms with E-state index < -0.39 is 65.2 Å². The number of amides is 2. The maximum atomic E-state index is 13.8. The molecule has 1 unspecified atom stereocenters. The van der Waals surface area contributed by atoms with Crippen LogP contribution in [0.1, 0.15) is 24.8 Å². The number of ether oxygens (including phenoxy) is 1. The predicted molar refractivity (Wildman–Crippen MR) is 101 cm³/mol. The van der Waals surface area contributed by atoms with Crippen LogP contribution in [0.4, 0.5) is 13.2 Å². The van der Waals surface area contributed by atoms with Crippen molar-refractivity contribution in [2.45, 2.75) is 50.2 Å². The summed E-state index contributed by atoms with van der Waals surface area (Å²) in [5.41, 5.74) is -0.871. The van der Waals surface area contributed by atoms with E-state index in [1.165, 1.54) is 4.90 Å². The maximum absolute atomic E-state index is 13.8. The molecule has 1 aromatic rings. The van der Waals surface area contributed by atoms with Crippen LogP contribution in [0.5, 0.6) is 0 Å². The summed E-state index contributed by atoms with van der Waals surface area (Å²) in [4.78, 5) is 41.5. The number of aliphatic hydroxyl groups excluding tert-OH is 1. The average molecular weight is 451 g/mol. The smallest absolute Gasteiger partial charge is 0.252 e. The number of piperazine rings is 1. The third kappa shape index (κ3) is 3.27. The Hall–Kier alpha value is -2.92. The van der Waals surface area contributed by atoms with Crippen LogP contribution in [0.25, 0.3) is 0 Å². The van der Waals surface area contributed by atoms with E-state index in [2.05, 4.69) is 5.32 Å². The molecule has 4 atom stereocenters. The third-order valence-electron chi connectivity index (χ3n) is 6.59. The topological polar surface area (TPSA) is 99.2 Å². The Kier molecular flexibility index (Phi) is 4.97. The van der Waals surface area contributed by atoms with Gasteiger partial charge in [-0.05, 0) is 19.3 Å². The van der Waals surface area contributed by atoms with Gasteiger partial charge in [0.2, 0.25) is 11.7 Å². The van der Waals surface area contributed by atoms with Gasteiger partial charge in [0, 0.05) is 43.4 Å². The van der Waals surface area contributed by atoms with E-state index in [0.717, 1.165) is 19.3 Å². The van der Waals surface area contributed by atoms with Crippen molar-refractivity contribution in [3.05, 3.63) is 46.5 Å². The van der Waals surface area contributed by atoms with Gasteiger partial charge in [0.1, 0.15) is 23.7 Å². The zero-order chi connectivity index (χ0) is 22.7. The first kappa shape index (κ1) is 21.0. The van der Waals surface area contributed by atoms with E-state index in [-0.39, 0.29) is 30.8 Å². The summed E-state index contributed by atoms with van der Waals surface area (Å²) in [5, 5.41) is 12.6. The van der Waals surface area contributed by atoms with E-state index in [0.29, 0.717) is 12.1 Å². The number of nitrogens with one attached hydrogen (secondary N) is 1. The van der Waals surface area contributed by atoms with Gasteiger partial charge >= 0.3 is 0 Å². The molecule has 2 saturated heterocycles. The molecule has 32 heavy (non-hydrogen) atoms. The molecule has 3 heterocycles. The second-order valence-corrected chi connectivity index (χ2v) is 8.48. The van der Waals surface area contributed by atoms with Gasteiger partial charge < -0.3 is 20.1 Å². The van der Waals surface area contributed by atoms with Crippen LogP contribution >= 0.6 is 0 Å². The summed E-state index contributed by atoms with van der Waals surface area (Å²) in [7, 11) is 0. The van der Waals surface area contributed by atoms with Crippen LogP contribution < -0.4 is 5.32 Å². The van der Waals surface area contributed by atoms with Crippen molar-refractivity contribution in [2.75, 3.05) is 13.1 Å². The molecule has 3 fully saturated rings. The fraction of sp³-hybridized carbons (Fsp3) is 0.476. The molecule has 1 saturated carbocycles. The van der Waals surface area contributed by atoms with Crippen LogP contribution in [-0.4, -0.2) is 70.0 Å². The lowest BCUT2D eigenvalue weighted by atomic mass is 9.93. The number of nitrogens with zero attached hydrogens (tertiary/aromatic N) is 2. The maximum Gasteiger partial charge on any atom is 0.252 e. The van der Waals surface area contributed by atoms with Gasteiger partial charge in [0.05, 0.1) is 11.7 Å². The third-order valence-corrected chi connectivity index (χ3v) is 6.59. The molecule has 0 spiro atoms. The molecule has 170 valence electrons. The second-order valence-electron chi connectivity index (χ2n) is 8.48. The number of carbonyl (C=O) groups excluding carboxylic acids is 3. The van der Waals surface area contributed by atoms with Crippen molar-refractivity contribution in [2.24, 2.45) is 0 Å². The summed E-state index contributed by atoms with van der Waals surface area (Å²) >= 11 is 0. The van der Waals surface area contributed by atoms with Gasteiger partial charge in [-0.15, -0.1) is 0 Å². The normalized spacial score (nSPS) is 29.8. The van der Waals surface area contributed by atoms with Crippen molar-refractivity contribution in [1.82, 2.24) is 15.1 Å². The first-order valence-electron chi connectivity index (χ1n) is 10.3. The molecular formula is C21H20F3N3O5. The number of ketones is 1. The summed E-state index contributed by atoms with van der Waals surface area (Å²) in [6.07, 6.45) is 1.86. The van der Waals surface area contributed by atoms with Crippen molar-refractivity contribution in [3.63, 3.8) is 0 Å². The van der Waals surface area contributed by atoms with Crippen LogP contribution in [-0.2, 0) is 25.7 Å². The monoisotopic (exact) mass is 451 g/mol. The van der Waals surface area contributed by atoms with Crippen molar-refractivity contribution >= 4 is 17.6 Å². The summed E-state index contributed by atoms with van der Waals surface area (Å²) in [6.45, 7) is -0.634. The fourth-order valence-corrected chi connectivity index (χ4v) is 5.06. The summed E-state index contributed by atoms with van der Waals surface area (Å²) in [6, 6.07) is -0.273. The standard InChI is InChI=1S/C21H20F3N3O5/c22-9-3-14(23)12(15(24)4-9)6-25-20(30)13-7-26-8-16-27(10-1-2-11(5-10)32-16)21(31)17(26)19(29)18(13)28/h3-4,10-11,16-17,28H,1-2,5-8H2,(H,25,30)/t10-,11+,16+,17?/m0/s1. The van der Waals surface area contributed by atoms with Gasteiger partial charge in [0.15, 0.2) is 11.8 Å². The van der Waals surface area contributed by atoms with E-state index in [4.69, 9.17) is 4.74 Å². The molecule has 0 radical (unpaired) electrons. The molecule has 2 N–H and O–H groups in total. The van der Waals surface area contributed by atoms with Gasteiger partial charge in [-0.1, -0.05) is 0 Å². The Labute approximate surface area is 180 Å². The van der Waals surface area contributed by atoms with Gasteiger partial charge in [-0.25, -0.2) is 13.2 Å². The van der Waals surface area contributed by atoms with Crippen LogP contribution in [0.15, 0.2) is 23.5 Å². The number of fused-ring (bicyclic) bond motifs is 5. The van der Waals surface area contributed by atoms with Gasteiger partial charge in [-0.3, -0.25) is 19.3 Å². The SMILES string of the molecule is O=C(NCc1c(F)cc(F)cc1F)C1=C(O)C(=O)C2C(=O)N3[C@H]4CC[C@H](C4)O[C@@H]3CN2C1. The second kappa shape index (κ2) is 7.59. The van der Waals surface area contributed by atoms with Gasteiger partial charge in [-0.2, -0.15) is 0 Å². The number of benzene rings is 1. The lowest BCUT2D eigenvalue weighted by Crippen LogP contribution is -2.69. The molecular weight excluding hydrogens is 431 g/mol. The van der Waals surface area contributed by atoms with Crippen molar-refractivity contribution in [3.8, 4) is 0 Å².